The molecule has 39 heavy (non-hydrogen) atoms. The average molecular weight is 571 g/mol. The number of nitriles is 1. The van der Waals surface area contributed by atoms with Gasteiger partial charge in [-0.1, -0.05) is 11.8 Å². The average Bonchev–Trinajstić information content (AvgIpc) is 2.92. The van der Waals surface area contributed by atoms with Crippen LogP contribution in [0.15, 0.2) is 10.2 Å². The monoisotopic (exact) mass is 570 g/mol. The highest BCUT2D eigenvalue weighted by molar-refractivity contribution is 8.13. The highest BCUT2D eigenvalue weighted by atomic mass is 32.2. The molecule has 0 radical (unpaired) electrons. The number of ether oxygens (including phenoxy) is 5. The molecule has 12 nitrogen and oxygen atoms in total. The van der Waals surface area contributed by atoms with Crippen LogP contribution in [0.3, 0.4) is 0 Å². The lowest BCUT2D eigenvalue weighted by atomic mass is 9.99. The van der Waals surface area contributed by atoms with Crippen molar-refractivity contribution in [2.24, 2.45) is 10.2 Å². The van der Waals surface area contributed by atoms with Crippen LogP contribution in [-0.4, -0.2) is 87.4 Å². The molecule has 0 aliphatic heterocycles. The molecule has 0 heterocycles. The number of azo groups is 1. The number of hydrogen-bond acceptors (Lipinski definition) is 12. The quantitative estimate of drug-likeness (QED) is 0.0759. The zero-order valence-electron chi connectivity index (χ0n) is 23.6. The smallest absolute Gasteiger partial charge is 0.338 e. The Morgan fingerprint density at radius 2 is 1.46 bits per heavy atom. The Balaban J connectivity index is 4.33. The summed E-state index contributed by atoms with van der Waals surface area (Å²) in [5.41, 5.74) is -2.67. The summed E-state index contributed by atoms with van der Waals surface area (Å²) in [6.07, 6.45) is 2.47. The van der Waals surface area contributed by atoms with E-state index in [4.69, 9.17) is 30.3 Å². The Morgan fingerprint density at radius 1 is 0.872 bits per heavy atom. The molecule has 0 rings (SSSR count). The van der Waals surface area contributed by atoms with Gasteiger partial charge in [-0.3, -0.25) is 19.2 Å². The predicted molar refractivity (Wildman–Crippen MR) is 145 cm³/mol. The first-order valence-electron chi connectivity index (χ1n) is 12.9. The summed E-state index contributed by atoms with van der Waals surface area (Å²) in [7, 11) is 1.59. The van der Waals surface area contributed by atoms with Gasteiger partial charge in [0.2, 0.25) is 0 Å². The van der Waals surface area contributed by atoms with E-state index in [1.807, 2.05) is 6.07 Å². The van der Waals surface area contributed by atoms with Crippen molar-refractivity contribution in [2.75, 3.05) is 59.1 Å². The third-order valence-corrected chi connectivity index (χ3v) is 6.14. The molecule has 0 aliphatic rings. The summed E-state index contributed by atoms with van der Waals surface area (Å²) in [6.45, 7) is 14.4. The van der Waals surface area contributed by atoms with Gasteiger partial charge in [-0.15, -0.1) is 5.11 Å². The van der Waals surface area contributed by atoms with E-state index < -0.39 is 23.1 Å². The lowest BCUT2D eigenvalue weighted by Crippen LogP contribution is -2.25. The number of carbonyl (C=O) groups excluding carboxylic acids is 3. The van der Waals surface area contributed by atoms with Crippen molar-refractivity contribution >= 4 is 28.8 Å². The van der Waals surface area contributed by atoms with Crippen molar-refractivity contribution in [1.29, 1.82) is 5.26 Å². The molecule has 0 saturated carbocycles. The second kappa shape index (κ2) is 22.3. The van der Waals surface area contributed by atoms with Crippen LogP contribution < -0.4 is 0 Å². The zero-order valence-corrected chi connectivity index (χ0v) is 24.4. The van der Waals surface area contributed by atoms with E-state index in [1.54, 1.807) is 7.11 Å². The van der Waals surface area contributed by atoms with Crippen molar-refractivity contribution in [1.82, 2.24) is 0 Å². The van der Waals surface area contributed by atoms with Gasteiger partial charge in [0.15, 0.2) is 10.7 Å². The number of rotatable bonds is 23. The van der Waals surface area contributed by atoms with Crippen LogP contribution >= 0.6 is 11.8 Å². The van der Waals surface area contributed by atoms with Crippen molar-refractivity contribution in [3.8, 4) is 6.07 Å². The molecule has 0 aromatic rings. The second-order valence-electron chi connectivity index (χ2n) is 8.97. The Bertz CT molecular complexity index is 845. The Kier molecular flexibility index (Phi) is 20.8. The summed E-state index contributed by atoms with van der Waals surface area (Å²) in [4.78, 5) is 38.4. The summed E-state index contributed by atoms with van der Waals surface area (Å²) in [5, 5.41) is 17.8. The van der Waals surface area contributed by atoms with Crippen LogP contribution in [-0.2, 0) is 38.1 Å². The summed E-state index contributed by atoms with van der Waals surface area (Å²) >= 11 is 1.28. The largest absolute Gasteiger partial charge is 0.466 e. The van der Waals surface area contributed by atoms with E-state index in [9.17, 15) is 19.6 Å². The minimum atomic E-state index is -1.34. The summed E-state index contributed by atoms with van der Waals surface area (Å²) in [5.74, 6) is -0.187. The molecule has 2 atom stereocenters. The van der Waals surface area contributed by atoms with E-state index in [-0.39, 0.29) is 50.6 Å². The van der Waals surface area contributed by atoms with E-state index >= 15 is 0 Å². The molecule has 0 spiro atoms. The fourth-order valence-electron chi connectivity index (χ4n) is 2.76. The molecule has 0 saturated heterocycles. The van der Waals surface area contributed by atoms with Gasteiger partial charge in [-0.2, -0.15) is 10.4 Å². The Morgan fingerprint density at radius 3 is 2.05 bits per heavy atom. The highest BCUT2D eigenvalue weighted by Gasteiger charge is 2.33. The van der Waals surface area contributed by atoms with Crippen molar-refractivity contribution < 1.29 is 38.1 Å². The van der Waals surface area contributed by atoms with Crippen molar-refractivity contribution in [3.05, 3.63) is 11.4 Å². The Hall–Kier alpha value is -2.58. The minimum Gasteiger partial charge on any atom is -0.466 e. The van der Waals surface area contributed by atoms with Gasteiger partial charge < -0.3 is 23.7 Å². The van der Waals surface area contributed by atoms with Crippen LogP contribution in [0.25, 0.3) is 4.85 Å². The van der Waals surface area contributed by atoms with Crippen LogP contribution in [0.4, 0.5) is 0 Å². The first-order chi connectivity index (χ1) is 18.6. The Labute approximate surface area is 235 Å². The first kappa shape index (κ1) is 36.4. The number of unbranched alkanes of at least 4 members (excludes halogenated alkanes) is 2. The molecule has 0 aliphatic carbocycles. The molecule has 13 heteroatoms. The molecule has 0 aromatic carbocycles. The normalized spacial score (nSPS) is 14.1. The van der Waals surface area contributed by atoms with Gasteiger partial charge in [0.05, 0.1) is 58.6 Å². The maximum absolute atomic E-state index is 12.0. The number of methoxy groups -OCH3 is 1. The van der Waals surface area contributed by atoms with E-state index in [1.165, 1.54) is 32.5 Å². The van der Waals surface area contributed by atoms with Crippen LogP contribution in [0.1, 0.15) is 65.7 Å². The topological polar surface area (TPSA) is 150 Å². The van der Waals surface area contributed by atoms with Crippen molar-refractivity contribution in [3.63, 3.8) is 0 Å². The predicted octanol–water partition coefficient (Wildman–Crippen LogP) is 4.13. The number of hydrogen-bond donors (Lipinski definition) is 0. The molecule has 220 valence electrons. The molecule has 0 fully saturated rings. The van der Waals surface area contributed by atoms with Crippen LogP contribution in [0, 0.1) is 17.9 Å². The maximum Gasteiger partial charge on any atom is 0.338 e. The summed E-state index contributed by atoms with van der Waals surface area (Å²) in [6, 6.07) is 2.02. The van der Waals surface area contributed by atoms with Gasteiger partial charge in [0, 0.05) is 33.1 Å². The van der Waals surface area contributed by atoms with Gasteiger partial charge in [0.1, 0.15) is 6.61 Å². The van der Waals surface area contributed by atoms with Crippen LogP contribution in [0.2, 0.25) is 0 Å². The SMILES string of the molecule is [C-]#[N+]C(C)(CCC(=O)OCCCCCSC(C)=O)N=NC(C)(C#N)CCC(=O)OCCOCCOCCOC. The first-order valence-corrected chi connectivity index (χ1v) is 13.9. The molecule has 0 bridgehead atoms. The van der Waals surface area contributed by atoms with E-state index in [0.717, 1.165) is 18.6 Å². The number of thioether (sulfide) groups is 1. The number of nitrogens with zero attached hydrogens (tertiary/aromatic N) is 4. The lowest BCUT2D eigenvalue weighted by molar-refractivity contribution is -0.146. The van der Waals surface area contributed by atoms with Gasteiger partial charge in [-0.05, 0) is 32.6 Å². The molecular formula is C26H42N4O8S. The van der Waals surface area contributed by atoms with Crippen LogP contribution in [0.5, 0.6) is 0 Å². The minimum absolute atomic E-state index is 0.0188. The lowest BCUT2D eigenvalue weighted by Gasteiger charge is -2.17. The molecule has 0 amide bonds. The standard InChI is InChI=1S/C26H42N4O8S/c1-22(31)39-20-8-6-7-13-37-24(33)10-12-26(3,28-4)30-29-25(2,21-27)11-9-23(32)38-19-18-36-17-16-35-15-14-34-5/h6-20H2,1-3,5H3. The van der Waals surface area contributed by atoms with Crippen molar-refractivity contribution in [2.45, 2.75) is 76.9 Å². The van der Waals surface area contributed by atoms with Gasteiger partial charge >= 0.3 is 17.6 Å². The molecule has 0 N–H and O–H groups in total. The third kappa shape index (κ3) is 21.0. The van der Waals surface area contributed by atoms with E-state index in [2.05, 4.69) is 15.1 Å². The fraction of sp³-hybridized carbons (Fsp3) is 0.808. The second-order valence-corrected chi connectivity index (χ2v) is 10.2. The number of carbonyl (C=O) groups is 3. The van der Waals surface area contributed by atoms with E-state index in [0.29, 0.717) is 32.8 Å². The fourth-order valence-corrected chi connectivity index (χ4v) is 3.40. The molecule has 0 aromatic heterocycles. The molecule has 2 unspecified atom stereocenters. The zero-order chi connectivity index (χ0) is 29.4. The maximum atomic E-state index is 12.0. The highest BCUT2D eigenvalue weighted by Crippen LogP contribution is 2.25. The number of esters is 2. The third-order valence-electron chi connectivity index (χ3n) is 5.24. The van der Waals surface area contributed by atoms with Gasteiger partial charge in [-0.25, -0.2) is 6.57 Å². The summed E-state index contributed by atoms with van der Waals surface area (Å²) < 4.78 is 25.7. The van der Waals surface area contributed by atoms with Gasteiger partial charge in [0.25, 0.3) is 0 Å². The molecular weight excluding hydrogens is 528 g/mol.